The smallest absolute Gasteiger partial charge is 0.411 e. The summed E-state index contributed by atoms with van der Waals surface area (Å²) in [7, 11) is -0.375. The molecule has 0 bridgehead atoms. The van der Waals surface area contributed by atoms with Crippen molar-refractivity contribution in [1.29, 1.82) is 0 Å². The van der Waals surface area contributed by atoms with Crippen molar-refractivity contribution in [3.8, 4) is 0 Å². The topological polar surface area (TPSA) is 84.9 Å². The highest BCUT2D eigenvalue weighted by atomic mass is 28.4. The van der Waals surface area contributed by atoms with Crippen molar-refractivity contribution < 1.29 is 18.8 Å². The van der Waals surface area contributed by atoms with Crippen LogP contribution in [0.1, 0.15) is 80.1 Å². The summed E-state index contributed by atoms with van der Waals surface area (Å²) in [5, 5.41) is 0.0108. The minimum absolute atomic E-state index is 0.0108. The molecule has 3 unspecified atom stereocenters. The van der Waals surface area contributed by atoms with Crippen LogP contribution in [0.5, 0.6) is 0 Å². The van der Waals surface area contributed by atoms with Crippen LogP contribution in [0.3, 0.4) is 0 Å². The third kappa shape index (κ3) is 6.16. The van der Waals surface area contributed by atoms with Crippen LogP contribution < -0.4 is 0 Å². The Kier molecular flexibility index (Phi) is 8.25. The maximum absolute atomic E-state index is 14.0. The van der Waals surface area contributed by atoms with Crippen LogP contribution in [-0.2, 0) is 14.0 Å². The summed E-state index contributed by atoms with van der Waals surface area (Å²) in [6, 6.07) is 1.25. The van der Waals surface area contributed by atoms with Gasteiger partial charge < -0.3 is 14.1 Å². The Hall–Kier alpha value is -2.00. The summed E-state index contributed by atoms with van der Waals surface area (Å²) in [5.74, 6) is 0.356. The van der Waals surface area contributed by atoms with Crippen molar-refractivity contribution in [3.63, 3.8) is 0 Å². The first-order valence-electron chi connectivity index (χ1n) is 12.1. The Labute approximate surface area is 206 Å². The third-order valence-corrected chi connectivity index (χ3v) is 11.6. The van der Waals surface area contributed by atoms with E-state index in [9.17, 15) is 9.59 Å². The molecule has 3 atom stereocenters. The zero-order valence-corrected chi connectivity index (χ0v) is 23.9. The van der Waals surface area contributed by atoms with Crippen molar-refractivity contribution in [2.45, 2.75) is 110 Å². The molecule has 1 aliphatic rings. The number of hydrogen-bond acceptors (Lipinski definition) is 6. The van der Waals surface area contributed by atoms with E-state index in [1.165, 1.54) is 0 Å². The number of ether oxygens (including phenoxy) is 1. The zero-order chi connectivity index (χ0) is 26.1. The highest BCUT2D eigenvalue weighted by Crippen LogP contribution is 2.40. The van der Waals surface area contributed by atoms with Gasteiger partial charge in [-0.2, -0.15) is 0 Å². The Morgan fingerprint density at radius 2 is 1.71 bits per heavy atom. The monoisotopic (exact) mass is 492 g/mol. The molecule has 0 N–H and O–H groups in total. The summed E-state index contributed by atoms with van der Waals surface area (Å²) in [4.78, 5) is 39.1. The zero-order valence-electron chi connectivity index (χ0n) is 22.9. The van der Waals surface area contributed by atoms with Gasteiger partial charge in [-0.3, -0.25) is 9.69 Å². The molecule has 1 aromatic heterocycles. The van der Waals surface area contributed by atoms with E-state index >= 15 is 0 Å². The molecule has 1 fully saturated rings. The molecule has 0 spiro atoms. The first-order valence-corrected chi connectivity index (χ1v) is 15.0. The maximum Gasteiger partial charge on any atom is 0.411 e. The number of carbonyl (C=O) groups is 2. The standard InChI is InChI=1S/C25H44N4O4Si/c1-18(33-34(10,11)24(5,6)7)19(20-26-15-13-16-27-20)28(9)21(30)25(8)14-12-17-29(25)22(31)32-23(2,3)4/h13,15-16,18-19H,12,14,17H2,1-11H3. The fourth-order valence-corrected chi connectivity index (χ4v) is 5.58. The van der Waals surface area contributed by atoms with E-state index in [-0.39, 0.29) is 17.0 Å². The number of aromatic nitrogens is 2. The average Bonchev–Trinajstić information content (AvgIpc) is 3.08. The minimum Gasteiger partial charge on any atom is -0.444 e. The van der Waals surface area contributed by atoms with Crippen LogP contribution in [0.15, 0.2) is 18.5 Å². The molecule has 2 amide bonds. The number of rotatable bonds is 6. The Balaban J connectivity index is 2.40. The van der Waals surface area contributed by atoms with Gasteiger partial charge in [-0.25, -0.2) is 14.8 Å². The van der Waals surface area contributed by atoms with Crippen molar-refractivity contribution >= 4 is 20.3 Å². The van der Waals surface area contributed by atoms with Crippen LogP contribution in [0.4, 0.5) is 4.79 Å². The van der Waals surface area contributed by atoms with E-state index in [1.807, 2.05) is 34.6 Å². The molecular formula is C25H44N4O4Si. The second-order valence-corrected chi connectivity index (χ2v) is 16.8. The molecule has 9 heteroatoms. The lowest BCUT2D eigenvalue weighted by molar-refractivity contribution is -0.145. The molecule has 34 heavy (non-hydrogen) atoms. The normalized spacial score (nSPS) is 21.2. The molecule has 1 aliphatic heterocycles. The maximum atomic E-state index is 14.0. The van der Waals surface area contributed by atoms with E-state index in [0.717, 1.165) is 6.42 Å². The van der Waals surface area contributed by atoms with E-state index in [1.54, 1.807) is 35.3 Å². The van der Waals surface area contributed by atoms with Gasteiger partial charge in [0.1, 0.15) is 17.2 Å². The van der Waals surface area contributed by atoms with Gasteiger partial charge >= 0.3 is 6.09 Å². The number of nitrogens with zero attached hydrogens (tertiary/aromatic N) is 4. The van der Waals surface area contributed by atoms with Gasteiger partial charge in [-0.15, -0.1) is 0 Å². The lowest BCUT2D eigenvalue weighted by Gasteiger charge is -2.44. The molecule has 0 aliphatic carbocycles. The summed E-state index contributed by atoms with van der Waals surface area (Å²) in [6.45, 7) is 20.7. The Morgan fingerprint density at radius 3 is 2.21 bits per heavy atom. The van der Waals surface area contributed by atoms with Gasteiger partial charge in [0.15, 0.2) is 14.1 Å². The van der Waals surface area contributed by atoms with Gasteiger partial charge in [0.05, 0.1) is 6.10 Å². The second-order valence-electron chi connectivity index (χ2n) is 12.1. The van der Waals surface area contributed by atoms with E-state index in [4.69, 9.17) is 9.16 Å². The molecule has 1 aromatic rings. The van der Waals surface area contributed by atoms with Gasteiger partial charge in [0, 0.05) is 26.0 Å². The number of hydrogen-bond donors (Lipinski definition) is 0. The first-order chi connectivity index (χ1) is 15.4. The van der Waals surface area contributed by atoms with Gasteiger partial charge in [0.25, 0.3) is 0 Å². The lowest BCUT2D eigenvalue weighted by atomic mass is 9.95. The van der Waals surface area contributed by atoms with E-state index in [0.29, 0.717) is 18.8 Å². The molecule has 1 saturated heterocycles. The predicted octanol–water partition coefficient (Wildman–Crippen LogP) is 5.18. The highest BCUT2D eigenvalue weighted by molar-refractivity contribution is 6.74. The predicted molar refractivity (Wildman–Crippen MR) is 136 cm³/mol. The average molecular weight is 493 g/mol. The van der Waals surface area contributed by atoms with Crippen LogP contribution in [-0.4, -0.2) is 70.9 Å². The molecule has 8 nitrogen and oxygen atoms in total. The quantitative estimate of drug-likeness (QED) is 0.509. The molecule has 2 rings (SSSR count). The highest BCUT2D eigenvalue weighted by Gasteiger charge is 2.51. The summed E-state index contributed by atoms with van der Waals surface area (Å²) < 4.78 is 12.3. The molecule has 2 heterocycles. The van der Waals surface area contributed by atoms with Crippen LogP contribution in [0.2, 0.25) is 18.1 Å². The van der Waals surface area contributed by atoms with Gasteiger partial charge in [-0.05, 0) is 71.7 Å². The first kappa shape index (κ1) is 28.2. The van der Waals surface area contributed by atoms with Gasteiger partial charge in [0.2, 0.25) is 5.91 Å². The van der Waals surface area contributed by atoms with Crippen LogP contribution in [0.25, 0.3) is 0 Å². The molecule has 192 valence electrons. The molecule has 0 radical (unpaired) electrons. The fourth-order valence-electron chi connectivity index (χ4n) is 4.17. The number of carbonyl (C=O) groups excluding carboxylic acids is 2. The largest absolute Gasteiger partial charge is 0.444 e. The van der Waals surface area contributed by atoms with Crippen molar-refractivity contribution in [2.75, 3.05) is 13.6 Å². The molecule has 0 saturated carbocycles. The molecular weight excluding hydrogens is 448 g/mol. The van der Waals surface area contributed by atoms with E-state index < -0.39 is 31.6 Å². The van der Waals surface area contributed by atoms with Crippen LogP contribution in [0, 0.1) is 0 Å². The van der Waals surface area contributed by atoms with Crippen molar-refractivity contribution in [1.82, 2.24) is 19.8 Å². The van der Waals surface area contributed by atoms with Crippen molar-refractivity contribution in [2.24, 2.45) is 0 Å². The van der Waals surface area contributed by atoms with Crippen molar-refractivity contribution in [3.05, 3.63) is 24.3 Å². The fraction of sp³-hybridized carbons (Fsp3) is 0.760. The van der Waals surface area contributed by atoms with E-state index in [2.05, 4.69) is 43.8 Å². The SMILES string of the molecule is CC(O[Si](C)(C)C(C)(C)C)C(c1ncccn1)N(C)C(=O)C1(C)CCCN1C(=O)OC(C)(C)C. The Bertz CT molecular complexity index is 866. The number of likely N-dealkylation sites (tertiary alicyclic amines) is 1. The number of amides is 2. The lowest BCUT2D eigenvalue weighted by Crippen LogP contribution is -2.58. The number of likely N-dealkylation sites (N-methyl/N-ethyl adjacent to an activating group) is 1. The van der Waals surface area contributed by atoms with Gasteiger partial charge in [-0.1, -0.05) is 20.8 Å². The second kappa shape index (κ2) is 9.93. The van der Waals surface area contributed by atoms with Crippen LogP contribution >= 0.6 is 0 Å². The Morgan fingerprint density at radius 1 is 1.15 bits per heavy atom. The summed E-state index contributed by atoms with van der Waals surface area (Å²) >= 11 is 0. The third-order valence-electron chi connectivity index (χ3n) is 7.03. The minimum atomic E-state index is -2.13. The summed E-state index contributed by atoms with van der Waals surface area (Å²) in [6.07, 6.45) is 3.85. The molecule has 0 aromatic carbocycles. The summed E-state index contributed by atoms with van der Waals surface area (Å²) in [5.41, 5.74) is -1.65.